The SMILES string of the molecule is CN(C[C@H]1CCOC1)C(=O)Nc1ccc2[nH]ccc2c1. The van der Waals surface area contributed by atoms with Gasteiger partial charge in [-0.1, -0.05) is 0 Å². The predicted molar refractivity (Wildman–Crippen MR) is 78.9 cm³/mol. The number of aromatic amines is 1. The van der Waals surface area contributed by atoms with Crippen molar-refractivity contribution in [2.24, 2.45) is 5.92 Å². The molecule has 1 aliphatic heterocycles. The number of nitrogens with one attached hydrogen (secondary N) is 2. The molecule has 5 nitrogen and oxygen atoms in total. The number of carbonyl (C=O) groups excluding carboxylic acids is 1. The molecule has 3 rings (SSSR count). The molecule has 0 saturated carbocycles. The lowest BCUT2D eigenvalue weighted by Gasteiger charge is -2.20. The van der Waals surface area contributed by atoms with E-state index in [9.17, 15) is 4.79 Å². The van der Waals surface area contributed by atoms with Gasteiger partial charge in [0, 0.05) is 48.9 Å². The van der Waals surface area contributed by atoms with Crippen molar-refractivity contribution in [1.82, 2.24) is 9.88 Å². The fourth-order valence-corrected chi connectivity index (χ4v) is 2.55. The fraction of sp³-hybridized carbons (Fsp3) is 0.400. The molecule has 1 aromatic carbocycles. The quantitative estimate of drug-likeness (QED) is 0.903. The second kappa shape index (κ2) is 5.54. The number of amides is 2. The summed E-state index contributed by atoms with van der Waals surface area (Å²) in [6.07, 6.45) is 2.93. The maximum atomic E-state index is 12.1. The Balaban J connectivity index is 1.62. The Morgan fingerprint density at radius 1 is 1.50 bits per heavy atom. The highest BCUT2D eigenvalue weighted by Crippen LogP contribution is 2.18. The number of urea groups is 1. The van der Waals surface area contributed by atoms with Crippen LogP contribution in [-0.2, 0) is 4.74 Å². The Kier molecular flexibility index (Phi) is 3.60. The maximum Gasteiger partial charge on any atom is 0.321 e. The molecule has 0 radical (unpaired) electrons. The number of fused-ring (bicyclic) bond motifs is 1. The van der Waals surface area contributed by atoms with Crippen molar-refractivity contribution in [3.63, 3.8) is 0 Å². The smallest absolute Gasteiger partial charge is 0.321 e. The van der Waals surface area contributed by atoms with Crippen molar-refractivity contribution < 1.29 is 9.53 Å². The third kappa shape index (κ3) is 2.77. The summed E-state index contributed by atoms with van der Waals surface area (Å²) >= 11 is 0. The van der Waals surface area contributed by atoms with Gasteiger partial charge in [-0.25, -0.2) is 4.79 Å². The molecule has 1 aromatic heterocycles. The molecular weight excluding hydrogens is 254 g/mol. The Morgan fingerprint density at radius 3 is 3.20 bits per heavy atom. The average Bonchev–Trinajstić information content (AvgIpc) is 3.08. The summed E-state index contributed by atoms with van der Waals surface area (Å²) in [6.45, 7) is 2.30. The Morgan fingerprint density at radius 2 is 2.40 bits per heavy atom. The lowest BCUT2D eigenvalue weighted by Crippen LogP contribution is -2.35. The zero-order chi connectivity index (χ0) is 13.9. The number of anilines is 1. The van der Waals surface area contributed by atoms with E-state index in [1.54, 1.807) is 4.90 Å². The first-order valence-electron chi connectivity index (χ1n) is 6.89. The van der Waals surface area contributed by atoms with Gasteiger partial charge in [0.25, 0.3) is 0 Å². The number of H-pyrrole nitrogens is 1. The lowest BCUT2D eigenvalue weighted by atomic mass is 10.1. The van der Waals surface area contributed by atoms with Crippen molar-refractivity contribution in [3.8, 4) is 0 Å². The standard InChI is InChI=1S/C15H19N3O2/c1-18(9-11-5-7-20-10-11)15(19)17-13-2-3-14-12(8-13)4-6-16-14/h2-4,6,8,11,16H,5,7,9-10H2,1H3,(H,17,19)/t11-/m1/s1. The Hall–Kier alpha value is -2.01. The predicted octanol–water partition coefficient (Wildman–Crippen LogP) is 2.67. The van der Waals surface area contributed by atoms with E-state index in [4.69, 9.17) is 4.74 Å². The molecule has 1 saturated heterocycles. The average molecular weight is 273 g/mol. The molecule has 2 heterocycles. The summed E-state index contributed by atoms with van der Waals surface area (Å²) in [5.74, 6) is 0.456. The molecule has 1 fully saturated rings. The van der Waals surface area contributed by atoms with Gasteiger partial charge in [0.15, 0.2) is 0 Å². The third-order valence-electron chi connectivity index (χ3n) is 3.71. The molecule has 20 heavy (non-hydrogen) atoms. The van der Waals surface area contributed by atoms with Gasteiger partial charge >= 0.3 is 6.03 Å². The first-order valence-corrected chi connectivity index (χ1v) is 6.89. The van der Waals surface area contributed by atoms with Crippen LogP contribution in [0.25, 0.3) is 10.9 Å². The molecule has 0 spiro atoms. The molecular formula is C15H19N3O2. The van der Waals surface area contributed by atoms with E-state index < -0.39 is 0 Å². The number of hydrogen-bond acceptors (Lipinski definition) is 2. The first kappa shape index (κ1) is 13.0. The molecule has 2 aromatic rings. The van der Waals surface area contributed by atoms with Crippen molar-refractivity contribution >= 4 is 22.6 Å². The van der Waals surface area contributed by atoms with E-state index >= 15 is 0 Å². The zero-order valence-electron chi connectivity index (χ0n) is 11.6. The van der Waals surface area contributed by atoms with Crippen LogP contribution in [0.2, 0.25) is 0 Å². The van der Waals surface area contributed by atoms with E-state index in [0.717, 1.165) is 42.8 Å². The van der Waals surface area contributed by atoms with Gasteiger partial charge in [-0.05, 0) is 30.7 Å². The number of aromatic nitrogens is 1. The number of hydrogen-bond donors (Lipinski definition) is 2. The monoisotopic (exact) mass is 273 g/mol. The van der Waals surface area contributed by atoms with Crippen LogP contribution in [0.4, 0.5) is 10.5 Å². The zero-order valence-corrected chi connectivity index (χ0v) is 11.6. The summed E-state index contributed by atoms with van der Waals surface area (Å²) in [5, 5.41) is 4.02. The number of nitrogens with zero attached hydrogens (tertiary/aromatic N) is 1. The van der Waals surface area contributed by atoms with Crippen LogP contribution < -0.4 is 5.32 Å². The van der Waals surface area contributed by atoms with Gasteiger partial charge in [-0.2, -0.15) is 0 Å². The minimum atomic E-state index is -0.0771. The molecule has 2 amide bonds. The lowest BCUT2D eigenvalue weighted by molar-refractivity contribution is 0.175. The molecule has 0 bridgehead atoms. The molecule has 0 unspecified atom stereocenters. The highest BCUT2D eigenvalue weighted by molar-refractivity contribution is 5.92. The van der Waals surface area contributed by atoms with Crippen LogP contribution in [0.3, 0.4) is 0 Å². The normalized spacial score (nSPS) is 18.4. The van der Waals surface area contributed by atoms with E-state index in [2.05, 4.69) is 10.3 Å². The molecule has 1 atom stereocenters. The van der Waals surface area contributed by atoms with Crippen LogP contribution >= 0.6 is 0 Å². The van der Waals surface area contributed by atoms with E-state index in [-0.39, 0.29) is 6.03 Å². The summed E-state index contributed by atoms with van der Waals surface area (Å²) in [4.78, 5) is 17.0. The van der Waals surface area contributed by atoms with Gasteiger partial charge in [0.2, 0.25) is 0 Å². The van der Waals surface area contributed by atoms with E-state index in [0.29, 0.717) is 5.92 Å². The van der Waals surface area contributed by atoms with Crippen LogP contribution in [-0.4, -0.2) is 42.7 Å². The highest BCUT2D eigenvalue weighted by atomic mass is 16.5. The Labute approximate surface area is 117 Å². The number of carbonyl (C=O) groups is 1. The van der Waals surface area contributed by atoms with Crippen LogP contribution in [0.15, 0.2) is 30.5 Å². The minimum Gasteiger partial charge on any atom is -0.381 e. The topological polar surface area (TPSA) is 57.4 Å². The van der Waals surface area contributed by atoms with Gasteiger partial charge in [-0.3, -0.25) is 0 Å². The van der Waals surface area contributed by atoms with Gasteiger partial charge in [-0.15, -0.1) is 0 Å². The maximum absolute atomic E-state index is 12.1. The van der Waals surface area contributed by atoms with Gasteiger partial charge in [0.1, 0.15) is 0 Å². The summed E-state index contributed by atoms with van der Waals surface area (Å²) in [7, 11) is 1.82. The summed E-state index contributed by atoms with van der Waals surface area (Å²) in [6, 6.07) is 7.76. The van der Waals surface area contributed by atoms with E-state index in [1.807, 2.05) is 37.5 Å². The molecule has 1 aliphatic rings. The van der Waals surface area contributed by atoms with Gasteiger partial charge < -0.3 is 19.9 Å². The summed E-state index contributed by atoms with van der Waals surface area (Å²) < 4.78 is 5.33. The van der Waals surface area contributed by atoms with Crippen molar-refractivity contribution in [2.45, 2.75) is 6.42 Å². The van der Waals surface area contributed by atoms with Crippen molar-refractivity contribution in [1.29, 1.82) is 0 Å². The molecule has 0 aliphatic carbocycles. The van der Waals surface area contributed by atoms with Crippen molar-refractivity contribution in [2.75, 3.05) is 32.1 Å². The van der Waals surface area contributed by atoms with Crippen molar-refractivity contribution in [3.05, 3.63) is 30.5 Å². The van der Waals surface area contributed by atoms with Crippen LogP contribution in [0.5, 0.6) is 0 Å². The number of rotatable bonds is 3. The molecule has 2 N–H and O–H groups in total. The molecule has 106 valence electrons. The van der Waals surface area contributed by atoms with E-state index in [1.165, 1.54) is 0 Å². The first-order chi connectivity index (χ1) is 9.72. The van der Waals surface area contributed by atoms with Crippen LogP contribution in [0, 0.1) is 5.92 Å². The Bertz CT molecular complexity index is 602. The number of benzene rings is 1. The van der Waals surface area contributed by atoms with Crippen LogP contribution in [0.1, 0.15) is 6.42 Å². The summed E-state index contributed by atoms with van der Waals surface area (Å²) in [5.41, 5.74) is 1.89. The largest absolute Gasteiger partial charge is 0.381 e. The second-order valence-electron chi connectivity index (χ2n) is 5.32. The fourth-order valence-electron chi connectivity index (χ4n) is 2.55. The minimum absolute atomic E-state index is 0.0771. The van der Waals surface area contributed by atoms with Gasteiger partial charge in [0.05, 0.1) is 6.61 Å². The third-order valence-corrected chi connectivity index (χ3v) is 3.71. The molecule has 5 heteroatoms. The number of ether oxygens (including phenoxy) is 1. The second-order valence-corrected chi connectivity index (χ2v) is 5.32. The highest BCUT2D eigenvalue weighted by Gasteiger charge is 2.20.